The van der Waals surface area contributed by atoms with Crippen molar-refractivity contribution in [2.75, 3.05) is 6.54 Å². The van der Waals surface area contributed by atoms with E-state index in [1.807, 2.05) is 37.3 Å². The lowest BCUT2D eigenvalue weighted by atomic mass is 10.0. The van der Waals surface area contributed by atoms with E-state index < -0.39 is 0 Å². The van der Waals surface area contributed by atoms with Gasteiger partial charge in [0.15, 0.2) is 5.69 Å². The molecule has 3 rings (SSSR count). The number of rotatable bonds is 7. The number of benzene rings is 1. The molecule has 24 heavy (non-hydrogen) atoms. The van der Waals surface area contributed by atoms with E-state index in [0.717, 1.165) is 18.4 Å². The Hall–Kier alpha value is -2.14. The quantitative estimate of drug-likeness (QED) is 0.817. The van der Waals surface area contributed by atoms with Gasteiger partial charge in [0.1, 0.15) is 5.76 Å². The summed E-state index contributed by atoms with van der Waals surface area (Å²) in [6.07, 6.45) is 2.38. The van der Waals surface area contributed by atoms with Crippen LogP contribution >= 0.6 is 0 Å². The summed E-state index contributed by atoms with van der Waals surface area (Å²) in [7, 11) is 0. The van der Waals surface area contributed by atoms with Crippen LogP contribution in [0.4, 0.5) is 0 Å². The SMILES string of the molecule is CC(O)CC(C)CNC(=O)c1nc(-c2ccccc2)oc1C1CC1. The molecule has 0 bridgehead atoms. The first-order valence-electron chi connectivity index (χ1n) is 8.57. The number of carbonyl (C=O) groups is 1. The summed E-state index contributed by atoms with van der Waals surface area (Å²) in [5.41, 5.74) is 1.28. The number of aliphatic hydroxyl groups excluding tert-OH is 1. The number of amides is 1. The average Bonchev–Trinajstić information content (AvgIpc) is 3.31. The second-order valence-corrected chi connectivity index (χ2v) is 6.77. The topological polar surface area (TPSA) is 75.4 Å². The molecule has 1 heterocycles. The maximum atomic E-state index is 12.5. The van der Waals surface area contributed by atoms with Crippen molar-refractivity contribution in [1.82, 2.24) is 10.3 Å². The highest BCUT2D eigenvalue weighted by molar-refractivity contribution is 5.94. The first-order valence-corrected chi connectivity index (χ1v) is 8.57. The van der Waals surface area contributed by atoms with E-state index in [0.29, 0.717) is 36.2 Å². The van der Waals surface area contributed by atoms with E-state index in [4.69, 9.17) is 4.42 Å². The Kier molecular flexibility index (Phi) is 5.00. The van der Waals surface area contributed by atoms with Gasteiger partial charge in [-0.1, -0.05) is 25.1 Å². The summed E-state index contributed by atoms with van der Waals surface area (Å²) in [6.45, 7) is 4.28. The van der Waals surface area contributed by atoms with Crippen molar-refractivity contribution in [3.63, 3.8) is 0 Å². The molecule has 1 saturated carbocycles. The van der Waals surface area contributed by atoms with Gasteiger partial charge in [-0.25, -0.2) is 4.98 Å². The monoisotopic (exact) mass is 328 g/mol. The molecule has 5 heteroatoms. The molecule has 5 nitrogen and oxygen atoms in total. The van der Waals surface area contributed by atoms with Gasteiger partial charge in [-0.3, -0.25) is 4.79 Å². The van der Waals surface area contributed by atoms with Crippen molar-refractivity contribution in [2.24, 2.45) is 5.92 Å². The molecule has 2 unspecified atom stereocenters. The smallest absolute Gasteiger partial charge is 0.273 e. The Morgan fingerprint density at radius 3 is 2.67 bits per heavy atom. The molecule has 0 saturated heterocycles. The molecule has 1 amide bonds. The Morgan fingerprint density at radius 2 is 2.04 bits per heavy atom. The molecule has 2 N–H and O–H groups in total. The van der Waals surface area contributed by atoms with E-state index in [2.05, 4.69) is 10.3 Å². The summed E-state index contributed by atoms with van der Waals surface area (Å²) in [4.78, 5) is 17.0. The number of aliphatic hydroxyl groups is 1. The Labute approximate surface area is 142 Å². The number of oxazole rings is 1. The zero-order chi connectivity index (χ0) is 17.1. The normalized spacial score (nSPS) is 16.6. The van der Waals surface area contributed by atoms with E-state index in [-0.39, 0.29) is 17.9 Å². The average molecular weight is 328 g/mol. The van der Waals surface area contributed by atoms with Crippen molar-refractivity contribution < 1.29 is 14.3 Å². The molecule has 128 valence electrons. The van der Waals surface area contributed by atoms with Crippen molar-refractivity contribution >= 4 is 5.91 Å². The molecule has 1 aromatic carbocycles. The fourth-order valence-corrected chi connectivity index (χ4v) is 2.84. The Morgan fingerprint density at radius 1 is 1.33 bits per heavy atom. The minimum absolute atomic E-state index is 0.194. The third-order valence-electron chi connectivity index (χ3n) is 4.19. The Bertz CT molecular complexity index is 690. The highest BCUT2D eigenvalue weighted by Crippen LogP contribution is 2.43. The highest BCUT2D eigenvalue weighted by Gasteiger charge is 2.34. The van der Waals surface area contributed by atoms with Gasteiger partial charge in [-0.15, -0.1) is 0 Å². The van der Waals surface area contributed by atoms with Crippen LogP contribution in [0.1, 0.15) is 55.3 Å². The molecule has 1 aromatic heterocycles. The fourth-order valence-electron chi connectivity index (χ4n) is 2.84. The largest absolute Gasteiger partial charge is 0.440 e. The standard InChI is InChI=1S/C19H24N2O3/c1-12(10-13(2)22)11-20-18(23)16-17(14-8-9-14)24-19(21-16)15-6-4-3-5-7-15/h3-7,12-14,22H,8-11H2,1-2H3,(H,20,23). The summed E-state index contributed by atoms with van der Waals surface area (Å²) in [6, 6.07) is 9.64. The zero-order valence-corrected chi connectivity index (χ0v) is 14.2. The number of hydrogen-bond acceptors (Lipinski definition) is 4. The lowest BCUT2D eigenvalue weighted by Gasteiger charge is -2.13. The molecule has 0 radical (unpaired) electrons. The van der Waals surface area contributed by atoms with Gasteiger partial charge < -0.3 is 14.8 Å². The van der Waals surface area contributed by atoms with Crippen LogP contribution in [0.25, 0.3) is 11.5 Å². The van der Waals surface area contributed by atoms with Crippen LogP contribution in [0.5, 0.6) is 0 Å². The predicted octanol–water partition coefficient (Wildman–Crippen LogP) is 3.36. The van der Waals surface area contributed by atoms with Crippen molar-refractivity contribution in [2.45, 2.75) is 45.1 Å². The van der Waals surface area contributed by atoms with Crippen molar-refractivity contribution in [3.8, 4) is 11.5 Å². The van der Waals surface area contributed by atoms with E-state index >= 15 is 0 Å². The third-order valence-corrected chi connectivity index (χ3v) is 4.19. The van der Waals surface area contributed by atoms with Crippen LogP contribution in [0.3, 0.4) is 0 Å². The highest BCUT2D eigenvalue weighted by atomic mass is 16.4. The van der Waals surface area contributed by atoms with Crippen LogP contribution in [0.15, 0.2) is 34.7 Å². The lowest BCUT2D eigenvalue weighted by molar-refractivity contribution is 0.0933. The molecule has 1 aliphatic carbocycles. The molecular weight excluding hydrogens is 304 g/mol. The number of nitrogens with zero attached hydrogens (tertiary/aromatic N) is 1. The molecule has 2 atom stereocenters. The minimum atomic E-state index is -0.365. The zero-order valence-electron chi connectivity index (χ0n) is 14.2. The van der Waals surface area contributed by atoms with Crippen LogP contribution < -0.4 is 5.32 Å². The molecule has 0 spiro atoms. The molecule has 1 fully saturated rings. The summed E-state index contributed by atoms with van der Waals surface area (Å²) in [5, 5.41) is 12.3. The first-order chi connectivity index (χ1) is 11.5. The fraction of sp³-hybridized carbons (Fsp3) is 0.474. The van der Waals surface area contributed by atoms with Crippen LogP contribution in [-0.4, -0.2) is 28.6 Å². The van der Waals surface area contributed by atoms with E-state index in [1.165, 1.54) is 0 Å². The van der Waals surface area contributed by atoms with E-state index in [9.17, 15) is 9.90 Å². The van der Waals surface area contributed by atoms with Gasteiger partial charge in [0.25, 0.3) is 5.91 Å². The van der Waals surface area contributed by atoms with Gasteiger partial charge >= 0.3 is 0 Å². The number of aromatic nitrogens is 1. The maximum absolute atomic E-state index is 12.5. The second-order valence-electron chi connectivity index (χ2n) is 6.77. The second kappa shape index (κ2) is 7.18. The van der Waals surface area contributed by atoms with Crippen LogP contribution in [0.2, 0.25) is 0 Å². The van der Waals surface area contributed by atoms with Crippen LogP contribution in [0, 0.1) is 5.92 Å². The molecule has 2 aromatic rings. The summed E-state index contributed by atoms with van der Waals surface area (Å²) in [5.74, 6) is 1.53. The van der Waals surface area contributed by atoms with Crippen LogP contribution in [-0.2, 0) is 0 Å². The van der Waals surface area contributed by atoms with Crippen molar-refractivity contribution in [1.29, 1.82) is 0 Å². The van der Waals surface area contributed by atoms with Gasteiger partial charge in [0, 0.05) is 18.0 Å². The molecule has 1 aliphatic rings. The Balaban J connectivity index is 1.74. The van der Waals surface area contributed by atoms with Gasteiger partial charge in [-0.05, 0) is 44.2 Å². The van der Waals surface area contributed by atoms with Gasteiger partial charge in [0.05, 0.1) is 6.10 Å². The molecule has 0 aliphatic heterocycles. The lowest BCUT2D eigenvalue weighted by Crippen LogP contribution is -2.30. The van der Waals surface area contributed by atoms with E-state index in [1.54, 1.807) is 6.92 Å². The number of carbonyl (C=O) groups excluding carboxylic acids is 1. The predicted molar refractivity (Wildman–Crippen MR) is 91.7 cm³/mol. The van der Waals surface area contributed by atoms with Gasteiger partial charge in [-0.2, -0.15) is 0 Å². The third kappa shape index (κ3) is 4.03. The van der Waals surface area contributed by atoms with Crippen molar-refractivity contribution in [3.05, 3.63) is 41.8 Å². The molecular formula is C19H24N2O3. The summed E-state index contributed by atoms with van der Waals surface area (Å²) >= 11 is 0. The summed E-state index contributed by atoms with van der Waals surface area (Å²) < 4.78 is 5.91. The minimum Gasteiger partial charge on any atom is -0.440 e. The first kappa shape index (κ1) is 16.7. The van der Waals surface area contributed by atoms with Gasteiger partial charge in [0.2, 0.25) is 5.89 Å². The maximum Gasteiger partial charge on any atom is 0.273 e. The number of hydrogen-bond donors (Lipinski definition) is 2. The number of nitrogens with one attached hydrogen (secondary N) is 1.